The Bertz CT molecular complexity index is 905. The van der Waals surface area contributed by atoms with Crippen molar-refractivity contribution in [3.63, 3.8) is 0 Å². The van der Waals surface area contributed by atoms with Crippen LogP contribution in [0.25, 0.3) is 0 Å². The number of amides is 1. The van der Waals surface area contributed by atoms with Crippen LogP contribution < -0.4 is 4.90 Å². The van der Waals surface area contributed by atoms with Gasteiger partial charge < -0.3 is 4.90 Å². The van der Waals surface area contributed by atoms with Crippen LogP contribution in [0.15, 0.2) is 65.2 Å². The fraction of sp³-hybridized carbons (Fsp3) is 0.200. The molecule has 4 nitrogen and oxygen atoms in total. The third kappa shape index (κ3) is 2.95. The SMILES string of the molecule is N#CC1=C2SCN(c3ccc(F)cc3)CN2C(=O)C[C@H]1c1ccccc1. The van der Waals surface area contributed by atoms with Gasteiger partial charge in [0.15, 0.2) is 0 Å². The maximum Gasteiger partial charge on any atom is 0.229 e. The highest BCUT2D eigenvalue weighted by Crippen LogP contribution is 2.43. The Morgan fingerprint density at radius 3 is 2.54 bits per heavy atom. The van der Waals surface area contributed by atoms with E-state index in [2.05, 4.69) is 6.07 Å². The Hall–Kier alpha value is -2.78. The lowest BCUT2D eigenvalue weighted by Crippen LogP contribution is -2.47. The number of hydrogen-bond donors (Lipinski definition) is 0. The Morgan fingerprint density at radius 2 is 1.85 bits per heavy atom. The summed E-state index contributed by atoms with van der Waals surface area (Å²) in [5.74, 6) is 0.139. The molecule has 2 aliphatic rings. The molecule has 0 radical (unpaired) electrons. The van der Waals surface area contributed by atoms with Crippen molar-refractivity contribution in [3.8, 4) is 6.07 Å². The highest BCUT2D eigenvalue weighted by molar-refractivity contribution is 8.03. The lowest BCUT2D eigenvalue weighted by molar-refractivity contribution is -0.129. The van der Waals surface area contributed by atoms with E-state index in [1.807, 2.05) is 35.2 Å². The zero-order chi connectivity index (χ0) is 18.1. The number of hydrogen-bond acceptors (Lipinski definition) is 4. The van der Waals surface area contributed by atoms with Crippen molar-refractivity contribution in [2.24, 2.45) is 0 Å². The number of benzene rings is 2. The monoisotopic (exact) mass is 365 g/mol. The van der Waals surface area contributed by atoms with E-state index in [0.29, 0.717) is 18.1 Å². The van der Waals surface area contributed by atoms with Crippen molar-refractivity contribution in [1.29, 1.82) is 5.26 Å². The second-order valence-corrected chi connectivity index (χ2v) is 7.18. The number of carbonyl (C=O) groups excluding carboxylic acids is 1. The molecular formula is C20H16FN3OS. The maximum atomic E-state index is 13.2. The Labute approximate surface area is 155 Å². The molecule has 4 rings (SSSR count). The Kier molecular flexibility index (Phi) is 4.39. The minimum absolute atomic E-state index is 0.00663. The first-order valence-corrected chi connectivity index (χ1v) is 9.29. The summed E-state index contributed by atoms with van der Waals surface area (Å²) < 4.78 is 13.2. The van der Waals surface area contributed by atoms with Crippen molar-refractivity contribution in [1.82, 2.24) is 4.90 Å². The fourth-order valence-electron chi connectivity index (χ4n) is 3.35. The molecule has 0 unspecified atom stereocenters. The van der Waals surface area contributed by atoms with Crippen molar-refractivity contribution in [2.75, 3.05) is 17.4 Å². The largest absolute Gasteiger partial charge is 0.344 e. The topological polar surface area (TPSA) is 47.3 Å². The number of rotatable bonds is 2. The van der Waals surface area contributed by atoms with Gasteiger partial charge in [-0.25, -0.2) is 4.39 Å². The van der Waals surface area contributed by atoms with Crippen LogP contribution in [0.2, 0.25) is 0 Å². The van der Waals surface area contributed by atoms with E-state index in [0.717, 1.165) is 16.3 Å². The molecule has 1 fully saturated rings. The number of halogens is 1. The highest BCUT2D eigenvalue weighted by Gasteiger charge is 2.38. The number of nitrogens with zero attached hydrogens (tertiary/aromatic N) is 3. The molecule has 0 aromatic heterocycles. The van der Waals surface area contributed by atoms with Gasteiger partial charge in [0.2, 0.25) is 5.91 Å². The van der Waals surface area contributed by atoms with Gasteiger partial charge in [-0.15, -0.1) is 0 Å². The van der Waals surface area contributed by atoms with Crippen LogP contribution in [0.3, 0.4) is 0 Å². The predicted molar refractivity (Wildman–Crippen MR) is 99.5 cm³/mol. The minimum atomic E-state index is -0.287. The molecule has 0 aliphatic carbocycles. The van der Waals surface area contributed by atoms with Gasteiger partial charge in [-0.3, -0.25) is 9.69 Å². The molecule has 0 saturated carbocycles. The van der Waals surface area contributed by atoms with Crippen LogP contribution in [0.1, 0.15) is 17.9 Å². The summed E-state index contributed by atoms with van der Waals surface area (Å²) >= 11 is 1.48. The Morgan fingerprint density at radius 1 is 1.12 bits per heavy atom. The molecule has 2 aliphatic heterocycles. The smallest absolute Gasteiger partial charge is 0.229 e. The molecule has 1 amide bonds. The average Bonchev–Trinajstić information content (AvgIpc) is 2.69. The van der Waals surface area contributed by atoms with Crippen LogP contribution in [-0.2, 0) is 4.79 Å². The van der Waals surface area contributed by atoms with Gasteiger partial charge in [-0.2, -0.15) is 5.26 Å². The summed E-state index contributed by atoms with van der Waals surface area (Å²) in [5, 5.41) is 10.5. The van der Waals surface area contributed by atoms with Crippen molar-refractivity contribution in [3.05, 3.63) is 76.6 Å². The summed E-state index contributed by atoms with van der Waals surface area (Å²) in [5.41, 5.74) is 2.50. The molecule has 0 spiro atoms. The first-order chi connectivity index (χ1) is 12.7. The number of thioether (sulfide) groups is 1. The molecule has 1 saturated heterocycles. The third-order valence-corrected chi connectivity index (χ3v) is 5.84. The standard InChI is InChI=1S/C20H16FN3OS/c21-15-6-8-16(9-7-15)23-12-24-19(25)10-17(14-4-2-1-3-5-14)18(11-22)20(24)26-13-23/h1-9,17H,10,12-13H2/t17-/m0/s1. The summed E-state index contributed by atoms with van der Waals surface area (Å²) in [7, 11) is 0. The van der Waals surface area contributed by atoms with E-state index >= 15 is 0 Å². The van der Waals surface area contributed by atoms with E-state index in [1.165, 1.54) is 23.9 Å². The molecule has 6 heteroatoms. The number of fused-ring (bicyclic) bond motifs is 1. The normalized spacial score (nSPS) is 20.0. The molecule has 2 aromatic rings. The maximum absolute atomic E-state index is 13.2. The molecule has 2 heterocycles. The van der Waals surface area contributed by atoms with Gasteiger partial charge in [0.25, 0.3) is 0 Å². The van der Waals surface area contributed by atoms with Gasteiger partial charge in [-0.1, -0.05) is 42.1 Å². The van der Waals surface area contributed by atoms with Gasteiger partial charge >= 0.3 is 0 Å². The zero-order valence-corrected chi connectivity index (χ0v) is 14.7. The zero-order valence-electron chi connectivity index (χ0n) is 13.9. The molecule has 2 aromatic carbocycles. The van der Waals surface area contributed by atoms with Crippen molar-refractivity contribution < 1.29 is 9.18 Å². The molecule has 1 atom stereocenters. The second kappa shape index (κ2) is 6.85. The number of anilines is 1. The Balaban J connectivity index is 1.66. The number of allylic oxidation sites excluding steroid dienone is 1. The minimum Gasteiger partial charge on any atom is -0.344 e. The van der Waals surface area contributed by atoms with E-state index in [4.69, 9.17) is 0 Å². The second-order valence-electron chi connectivity index (χ2n) is 6.25. The van der Waals surface area contributed by atoms with Gasteiger partial charge in [0.05, 0.1) is 29.2 Å². The summed E-state index contributed by atoms with van der Waals surface area (Å²) in [4.78, 5) is 16.5. The van der Waals surface area contributed by atoms with Crippen LogP contribution in [-0.4, -0.2) is 23.4 Å². The van der Waals surface area contributed by atoms with Crippen LogP contribution in [0.5, 0.6) is 0 Å². The van der Waals surface area contributed by atoms with Gasteiger partial charge in [0.1, 0.15) is 5.82 Å². The van der Waals surface area contributed by atoms with Crippen molar-refractivity contribution >= 4 is 23.4 Å². The summed E-state index contributed by atoms with van der Waals surface area (Å²) in [6, 6.07) is 18.3. The van der Waals surface area contributed by atoms with E-state index in [9.17, 15) is 14.4 Å². The highest BCUT2D eigenvalue weighted by atomic mass is 32.2. The third-order valence-electron chi connectivity index (χ3n) is 4.69. The van der Waals surface area contributed by atoms with Crippen LogP contribution in [0, 0.1) is 17.1 Å². The van der Waals surface area contributed by atoms with E-state index in [-0.39, 0.29) is 24.1 Å². The lowest BCUT2D eigenvalue weighted by atomic mass is 9.86. The first kappa shape index (κ1) is 16.7. The molecule has 0 N–H and O–H groups in total. The van der Waals surface area contributed by atoms with Crippen LogP contribution >= 0.6 is 11.8 Å². The first-order valence-electron chi connectivity index (χ1n) is 8.30. The van der Waals surface area contributed by atoms with E-state index in [1.54, 1.807) is 17.0 Å². The lowest BCUT2D eigenvalue weighted by Gasteiger charge is -2.42. The van der Waals surface area contributed by atoms with Gasteiger partial charge in [-0.05, 0) is 29.8 Å². The number of nitriles is 1. The van der Waals surface area contributed by atoms with Crippen molar-refractivity contribution in [2.45, 2.75) is 12.3 Å². The molecule has 130 valence electrons. The summed E-state index contributed by atoms with van der Waals surface area (Å²) in [6.07, 6.45) is 0.286. The molecular weight excluding hydrogens is 349 g/mol. The number of carbonyl (C=O) groups is 1. The molecule has 0 bridgehead atoms. The molecule has 26 heavy (non-hydrogen) atoms. The van der Waals surface area contributed by atoms with Crippen LogP contribution in [0.4, 0.5) is 10.1 Å². The summed E-state index contributed by atoms with van der Waals surface area (Å²) in [6.45, 7) is 0.374. The fourth-order valence-corrected chi connectivity index (χ4v) is 4.52. The average molecular weight is 365 g/mol. The van der Waals surface area contributed by atoms with Gasteiger partial charge in [0, 0.05) is 18.0 Å². The van der Waals surface area contributed by atoms with E-state index < -0.39 is 0 Å². The quantitative estimate of drug-likeness (QED) is 0.806. The predicted octanol–water partition coefficient (Wildman–Crippen LogP) is 4.05.